The number of rotatable bonds is 5. The van der Waals surface area contributed by atoms with Gasteiger partial charge in [-0.1, -0.05) is 17.7 Å². The number of benzene rings is 2. The third kappa shape index (κ3) is 4.14. The average Bonchev–Trinajstić information content (AvgIpc) is 2.56. The van der Waals surface area contributed by atoms with Gasteiger partial charge in [0.05, 0.1) is 0 Å². The van der Waals surface area contributed by atoms with Crippen LogP contribution in [-0.4, -0.2) is 24.1 Å². The van der Waals surface area contributed by atoms with Crippen molar-refractivity contribution in [2.45, 2.75) is 0 Å². The Morgan fingerprint density at radius 2 is 1.50 bits per heavy atom. The summed E-state index contributed by atoms with van der Waals surface area (Å²) in [5.74, 6) is 1.41. The van der Waals surface area contributed by atoms with Crippen LogP contribution in [0.4, 0.5) is 28.7 Å². The summed E-state index contributed by atoms with van der Waals surface area (Å²) >= 11 is 6.00. The SMILES string of the molecule is CN(C)c1ccc(Nc2cc(Nc3cccc(Cl)c3)ncn2)cc1. The first kappa shape index (κ1) is 16.1. The summed E-state index contributed by atoms with van der Waals surface area (Å²) in [4.78, 5) is 10.5. The standard InChI is InChI=1S/C18H18ClN5/c1-24(2)16-8-6-14(7-9-16)22-17-11-18(21-12-20-17)23-15-5-3-4-13(19)10-15/h3-12H,1-2H3,(H2,20,21,22,23). The maximum atomic E-state index is 6.00. The molecule has 0 spiro atoms. The van der Waals surface area contributed by atoms with Crippen LogP contribution in [0.3, 0.4) is 0 Å². The topological polar surface area (TPSA) is 53.1 Å². The number of hydrogen-bond acceptors (Lipinski definition) is 5. The number of nitrogens with zero attached hydrogens (tertiary/aromatic N) is 3. The Hall–Kier alpha value is -2.79. The van der Waals surface area contributed by atoms with Gasteiger partial charge in [-0.25, -0.2) is 9.97 Å². The molecule has 2 aromatic carbocycles. The highest BCUT2D eigenvalue weighted by molar-refractivity contribution is 6.30. The molecule has 0 amide bonds. The Kier molecular flexibility index (Phi) is 4.82. The molecule has 1 heterocycles. The second-order valence-electron chi connectivity index (χ2n) is 5.49. The predicted molar refractivity (Wildman–Crippen MR) is 101 cm³/mol. The minimum absolute atomic E-state index is 0.674. The van der Waals surface area contributed by atoms with E-state index in [1.807, 2.05) is 56.6 Å². The van der Waals surface area contributed by atoms with Crippen LogP contribution in [0.25, 0.3) is 0 Å². The molecular formula is C18H18ClN5. The first-order chi connectivity index (χ1) is 11.6. The Morgan fingerprint density at radius 1 is 0.833 bits per heavy atom. The van der Waals surface area contributed by atoms with Gasteiger partial charge < -0.3 is 15.5 Å². The molecule has 1 aromatic heterocycles. The highest BCUT2D eigenvalue weighted by atomic mass is 35.5. The van der Waals surface area contributed by atoms with Gasteiger partial charge in [-0.15, -0.1) is 0 Å². The Bertz CT molecular complexity index is 818. The van der Waals surface area contributed by atoms with E-state index in [9.17, 15) is 0 Å². The highest BCUT2D eigenvalue weighted by Crippen LogP contribution is 2.22. The minimum atomic E-state index is 0.674. The smallest absolute Gasteiger partial charge is 0.135 e. The maximum Gasteiger partial charge on any atom is 0.135 e. The highest BCUT2D eigenvalue weighted by Gasteiger charge is 2.02. The van der Waals surface area contributed by atoms with Crippen molar-refractivity contribution in [3.05, 3.63) is 65.9 Å². The van der Waals surface area contributed by atoms with E-state index < -0.39 is 0 Å². The maximum absolute atomic E-state index is 6.00. The molecular weight excluding hydrogens is 322 g/mol. The molecule has 0 aliphatic rings. The van der Waals surface area contributed by atoms with Gasteiger partial charge in [-0.3, -0.25) is 0 Å². The lowest BCUT2D eigenvalue weighted by molar-refractivity contribution is 1.13. The predicted octanol–water partition coefficient (Wildman–Crippen LogP) is 4.68. The Labute approximate surface area is 146 Å². The lowest BCUT2D eigenvalue weighted by Crippen LogP contribution is -2.08. The van der Waals surface area contributed by atoms with E-state index in [4.69, 9.17) is 11.6 Å². The van der Waals surface area contributed by atoms with Crippen molar-refractivity contribution in [3.63, 3.8) is 0 Å². The van der Waals surface area contributed by atoms with Crippen LogP contribution in [0.5, 0.6) is 0 Å². The van der Waals surface area contributed by atoms with Crippen molar-refractivity contribution >= 4 is 40.3 Å². The van der Waals surface area contributed by atoms with E-state index in [1.54, 1.807) is 0 Å². The molecule has 0 aliphatic carbocycles. The largest absolute Gasteiger partial charge is 0.378 e. The molecule has 0 fully saturated rings. The fraction of sp³-hybridized carbons (Fsp3) is 0.111. The lowest BCUT2D eigenvalue weighted by Gasteiger charge is -2.13. The zero-order chi connectivity index (χ0) is 16.9. The Balaban J connectivity index is 1.73. The summed E-state index contributed by atoms with van der Waals surface area (Å²) in [5.41, 5.74) is 2.99. The molecule has 0 saturated carbocycles. The molecule has 122 valence electrons. The molecule has 3 rings (SSSR count). The summed E-state index contributed by atoms with van der Waals surface area (Å²) < 4.78 is 0. The van der Waals surface area contributed by atoms with Gasteiger partial charge in [-0.05, 0) is 42.5 Å². The van der Waals surface area contributed by atoms with Crippen molar-refractivity contribution in [1.29, 1.82) is 0 Å². The molecule has 0 aliphatic heterocycles. The van der Waals surface area contributed by atoms with Crippen LogP contribution < -0.4 is 15.5 Å². The molecule has 24 heavy (non-hydrogen) atoms. The molecule has 0 unspecified atom stereocenters. The van der Waals surface area contributed by atoms with Crippen LogP contribution in [-0.2, 0) is 0 Å². The molecule has 0 bridgehead atoms. The summed E-state index contributed by atoms with van der Waals surface area (Å²) in [6.07, 6.45) is 1.52. The van der Waals surface area contributed by atoms with Crippen LogP contribution in [0.2, 0.25) is 5.02 Å². The third-order valence-electron chi connectivity index (χ3n) is 3.42. The monoisotopic (exact) mass is 339 g/mol. The van der Waals surface area contributed by atoms with Crippen molar-refractivity contribution in [2.75, 3.05) is 29.6 Å². The van der Waals surface area contributed by atoms with Crippen molar-refractivity contribution in [1.82, 2.24) is 9.97 Å². The molecule has 6 heteroatoms. The number of anilines is 5. The molecule has 0 saturated heterocycles. The van der Waals surface area contributed by atoms with Gasteiger partial charge in [0.25, 0.3) is 0 Å². The van der Waals surface area contributed by atoms with E-state index in [1.165, 1.54) is 6.33 Å². The third-order valence-corrected chi connectivity index (χ3v) is 3.66. The zero-order valence-electron chi connectivity index (χ0n) is 13.5. The molecule has 5 nitrogen and oxygen atoms in total. The van der Waals surface area contributed by atoms with Gasteiger partial charge >= 0.3 is 0 Å². The van der Waals surface area contributed by atoms with Crippen LogP contribution >= 0.6 is 11.6 Å². The van der Waals surface area contributed by atoms with Crippen LogP contribution in [0.15, 0.2) is 60.9 Å². The van der Waals surface area contributed by atoms with E-state index in [0.717, 1.165) is 17.1 Å². The number of aromatic nitrogens is 2. The van der Waals surface area contributed by atoms with Crippen LogP contribution in [0, 0.1) is 0 Å². The van der Waals surface area contributed by atoms with E-state index in [0.29, 0.717) is 16.7 Å². The van der Waals surface area contributed by atoms with E-state index >= 15 is 0 Å². The van der Waals surface area contributed by atoms with Crippen molar-refractivity contribution in [2.24, 2.45) is 0 Å². The van der Waals surface area contributed by atoms with Gasteiger partial charge in [0.15, 0.2) is 0 Å². The summed E-state index contributed by atoms with van der Waals surface area (Å²) in [7, 11) is 4.03. The second-order valence-corrected chi connectivity index (χ2v) is 5.93. The van der Waals surface area contributed by atoms with Gasteiger partial charge in [0, 0.05) is 42.2 Å². The summed E-state index contributed by atoms with van der Waals surface area (Å²) in [5, 5.41) is 7.16. The lowest BCUT2D eigenvalue weighted by atomic mass is 10.2. The quantitative estimate of drug-likeness (QED) is 0.706. The van der Waals surface area contributed by atoms with Gasteiger partial charge in [0.2, 0.25) is 0 Å². The van der Waals surface area contributed by atoms with Gasteiger partial charge in [0.1, 0.15) is 18.0 Å². The van der Waals surface area contributed by atoms with Crippen molar-refractivity contribution in [3.8, 4) is 0 Å². The number of hydrogen-bond donors (Lipinski definition) is 2. The Morgan fingerprint density at radius 3 is 2.12 bits per heavy atom. The molecule has 0 atom stereocenters. The zero-order valence-corrected chi connectivity index (χ0v) is 14.2. The fourth-order valence-corrected chi connectivity index (χ4v) is 2.39. The summed E-state index contributed by atoms with van der Waals surface area (Å²) in [6, 6.07) is 17.5. The fourth-order valence-electron chi connectivity index (χ4n) is 2.20. The van der Waals surface area contributed by atoms with E-state index in [2.05, 4.69) is 37.6 Å². The van der Waals surface area contributed by atoms with E-state index in [-0.39, 0.29) is 0 Å². The molecule has 3 aromatic rings. The molecule has 2 N–H and O–H groups in total. The van der Waals surface area contributed by atoms with Crippen molar-refractivity contribution < 1.29 is 0 Å². The second kappa shape index (κ2) is 7.19. The van der Waals surface area contributed by atoms with Crippen LogP contribution in [0.1, 0.15) is 0 Å². The average molecular weight is 340 g/mol. The first-order valence-electron chi connectivity index (χ1n) is 7.49. The normalized spacial score (nSPS) is 10.3. The molecule has 0 radical (unpaired) electrons. The number of halogens is 1. The number of nitrogens with one attached hydrogen (secondary N) is 2. The minimum Gasteiger partial charge on any atom is -0.378 e. The van der Waals surface area contributed by atoms with Gasteiger partial charge in [-0.2, -0.15) is 0 Å². The first-order valence-corrected chi connectivity index (χ1v) is 7.87. The summed E-state index contributed by atoms with van der Waals surface area (Å²) in [6.45, 7) is 0.